The smallest absolute Gasteiger partial charge is 0.236 e. The first-order valence-electron chi connectivity index (χ1n) is 4.07. The van der Waals surface area contributed by atoms with Gasteiger partial charge < -0.3 is 4.90 Å². The van der Waals surface area contributed by atoms with Crippen molar-refractivity contribution < 1.29 is 8.42 Å². The molecule has 1 aromatic carbocycles. The number of nitrogens with zero attached hydrogens (tertiary/aromatic N) is 1. The van der Waals surface area contributed by atoms with E-state index in [0.717, 1.165) is 5.69 Å². The molecule has 0 unspecified atom stereocenters. The van der Waals surface area contributed by atoms with Crippen molar-refractivity contribution in [2.75, 3.05) is 19.0 Å². The Morgan fingerprint density at radius 2 is 2.00 bits per heavy atom. The molecule has 1 rings (SSSR count). The van der Waals surface area contributed by atoms with E-state index >= 15 is 0 Å². The number of rotatable bonds is 3. The van der Waals surface area contributed by atoms with Crippen molar-refractivity contribution in [3.05, 3.63) is 29.8 Å². The van der Waals surface area contributed by atoms with Crippen molar-refractivity contribution >= 4 is 25.4 Å². The van der Waals surface area contributed by atoms with Gasteiger partial charge in [-0.2, -0.15) is 0 Å². The summed E-state index contributed by atoms with van der Waals surface area (Å²) in [6, 6.07) is 7.27. The molecule has 0 aliphatic carbocycles. The average Bonchev–Trinajstić information content (AvgIpc) is 2.01. The van der Waals surface area contributed by atoms with E-state index in [9.17, 15) is 8.42 Å². The van der Waals surface area contributed by atoms with E-state index in [-0.39, 0.29) is 5.75 Å². The number of hydrogen-bond donors (Lipinski definition) is 0. The van der Waals surface area contributed by atoms with E-state index in [1.54, 1.807) is 12.1 Å². The molecule has 0 N–H and O–H groups in total. The summed E-state index contributed by atoms with van der Waals surface area (Å²) in [4.78, 5) is 1.91. The topological polar surface area (TPSA) is 37.4 Å². The predicted molar refractivity (Wildman–Crippen MR) is 59.2 cm³/mol. The van der Waals surface area contributed by atoms with Crippen molar-refractivity contribution in [2.24, 2.45) is 0 Å². The van der Waals surface area contributed by atoms with E-state index in [2.05, 4.69) is 0 Å². The molecular formula is C9H12ClNO2S. The summed E-state index contributed by atoms with van der Waals surface area (Å²) >= 11 is 0. The Labute approximate surface area is 88.7 Å². The molecule has 5 heteroatoms. The molecule has 0 saturated heterocycles. The van der Waals surface area contributed by atoms with Crippen molar-refractivity contribution in [1.82, 2.24) is 0 Å². The average molecular weight is 234 g/mol. The first-order chi connectivity index (χ1) is 6.38. The van der Waals surface area contributed by atoms with Gasteiger partial charge in [0.2, 0.25) is 9.05 Å². The summed E-state index contributed by atoms with van der Waals surface area (Å²) in [7, 11) is 5.49. The van der Waals surface area contributed by atoms with Crippen LogP contribution in [0, 0.1) is 0 Å². The first kappa shape index (κ1) is 11.3. The fourth-order valence-corrected chi connectivity index (χ4v) is 2.08. The van der Waals surface area contributed by atoms with Crippen LogP contribution in [0.3, 0.4) is 0 Å². The third kappa shape index (κ3) is 3.55. The second kappa shape index (κ2) is 4.19. The van der Waals surface area contributed by atoms with E-state index in [1.807, 2.05) is 31.1 Å². The lowest BCUT2D eigenvalue weighted by atomic mass is 10.2. The molecule has 0 fully saturated rings. The summed E-state index contributed by atoms with van der Waals surface area (Å²) in [6.07, 6.45) is 0. The molecule has 0 atom stereocenters. The highest BCUT2D eigenvalue weighted by molar-refractivity contribution is 8.13. The van der Waals surface area contributed by atoms with Crippen LogP contribution in [-0.4, -0.2) is 22.5 Å². The van der Waals surface area contributed by atoms with Gasteiger partial charge in [0.05, 0.1) is 5.75 Å². The Morgan fingerprint density at radius 3 is 2.50 bits per heavy atom. The highest BCUT2D eigenvalue weighted by Crippen LogP contribution is 2.16. The van der Waals surface area contributed by atoms with E-state index in [1.165, 1.54) is 0 Å². The number of anilines is 1. The molecular weight excluding hydrogens is 222 g/mol. The van der Waals surface area contributed by atoms with Gasteiger partial charge in [0, 0.05) is 30.5 Å². The molecule has 0 amide bonds. The van der Waals surface area contributed by atoms with Gasteiger partial charge >= 0.3 is 0 Å². The fraction of sp³-hybridized carbons (Fsp3) is 0.333. The first-order valence-corrected chi connectivity index (χ1v) is 6.55. The van der Waals surface area contributed by atoms with Gasteiger partial charge in [-0.1, -0.05) is 12.1 Å². The van der Waals surface area contributed by atoms with Crippen LogP contribution in [0.2, 0.25) is 0 Å². The molecule has 14 heavy (non-hydrogen) atoms. The molecule has 0 aliphatic heterocycles. The summed E-state index contributed by atoms with van der Waals surface area (Å²) in [5, 5.41) is 0. The zero-order valence-electron chi connectivity index (χ0n) is 8.07. The molecule has 0 heterocycles. The highest BCUT2D eigenvalue weighted by Gasteiger charge is 2.07. The van der Waals surface area contributed by atoms with E-state index < -0.39 is 9.05 Å². The quantitative estimate of drug-likeness (QED) is 0.748. The van der Waals surface area contributed by atoms with Gasteiger partial charge in [0.1, 0.15) is 0 Å². The largest absolute Gasteiger partial charge is 0.378 e. The normalized spacial score (nSPS) is 11.4. The maximum absolute atomic E-state index is 10.8. The Hall–Kier alpha value is -0.740. The molecule has 3 nitrogen and oxygen atoms in total. The van der Waals surface area contributed by atoms with Crippen LogP contribution in [0.25, 0.3) is 0 Å². The zero-order chi connectivity index (χ0) is 10.8. The van der Waals surface area contributed by atoms with Crippen LogP contribution in [0.5, 0.6) is 0 Å². The van der Waals surface area contributed by atoms with Gasteiger partial charge in [-0.15, -0.1) is 0 Å². The Morgan fingerprint density at radius 1 is 1.36 bits per heavy atom. The molecule has 0 aromatic heterocycles. The van der Waals surface area contributed by atoms with Crippen LogP contribution in [0.1, 0.15) is 5.56 Å². The van der Waals surface area contributed by atoms with Crippen molar-refractivity contribution in [1.29, 1.82) is 0 Å². The van der Waals surface area contributed by atoms with Crippen LogP contribution in [-0.2, 0) is 14.8 Å². The minimum atomic E-state index is -3.47. The fourth-order valence-electron chi connectivity index (χ4n) is 1.12. The summed E-state index contributed by atoms with van der Waals surface area (Å²) in [5.41, 5.74) is 1.66. The van der Waals surface area contributed by atoms with Crippen LogP contribution in [0.15, 0.2) is 24.3 Å². The van der Waals surface area contributed by atoms with Gasteiger partial charge in [0.25, 0.3) is 0 Å². The maximum atomic E-state index is 10.8. The highest BCUT2D eigenvalue weighted by atomic mass is 35.7. The minimum Gasteiger partial charge on any atom is -0.378 e. The Balaban J connectivity index is 2.95. The number of benzene rings is 1. The van der Waals surface area contributed by atoms with Gasteiger partial charge in [0.15, 0.2) is 0 Å². The standard InChI is InChI=1S/C9H12ClNO2S/c1-11(2)9-5-3-4-8(6-9)7-14(10,12)13/h3-6H,7H2,1-2H3. The second-order valence-electron chi connectivity index (χ2n) is 3.25. The maximum Gasteiger partial charge on any atom is 0.236 e. The van der Waals surface area contributed by atoms with Crippen LogP contribution in [0.4, 0.5) is 5.69 Å². The van der Waals surface area contributed by atoms with Gasteiger partial charge in [-0.25, -0.2) is 8.42 Å². The molecule has 0 radical (unpaired) electrons. The van der Waals surface area contributed by atoms with E-state index in [0.29, 0.717) is 5.56 Å². The van der Waals surface area contributed by atoms with Gasteiger partial charge in [-0.05, 0) is 17.7 Å². The van der Waals surface area contributed by atoms with Gasteiger partial charge in [-0.3, -0.25) is 0 Å². The SMILES string of the molecule is CN(C)c1cccc(CS(=O)(=O)Cl)c1. The van der Waals surface area contributed by atoms with Crippen molar-refractivity contribution in [3.8, 4) is 0 Å². The Bertz CT molecular complexity index is 415. The molecule has 0 spiro atoms. The second-order valence-corrected chi connectivity index (χ2v) is 6.02. The van der Waals surface area contributed by atoms with Crippen molar-refractivity contribution in [2.45, 2.75) is 5.75 Å². The van der Waals surface area contributed by atoms with Crippen LogP contribution >= 0.6 is 10.7 Å². The number of halogens is 1. The van der Waals surface area contributed by atoms with Crippen LogP contribution < -0.4 is 4.90 Å². The molecule has 78 valence electrons. The third-order valence-electron chi connectivity index (χ3n) is 1.77. The lowest BCUT2D eigenvalue weighted by Gasteiger charge is -2.12. The molecule has 0 aliphatic rings. The lowest BCUT2D eigenvalue weighted by molar-refractivity contribution is 0.609. The Kier molecular flexibility index (Phi) is 3.39. The minimum absolute atomic E-state index is 0.129. The molecule has 1 aromatic rings. The number of hydrogen-bond acceptors (Lipinski definition) is 3. The summed E-state index contributed by atoms with van der Waals surface area (Å²) < 4.78 is 21.7. The van der Waals surface area contributed by atoms with E-state index in [4.69, 9.17) is 10.7 Å². The predicted octanol–water partition coefficient (Wildman–Crippen LogP) is 1.82. The lowest BCUT2D eigenvalue weighted by Crippen LogP contribution is -2.09. The molecule has 0 saturated carbocycles. The van der Waals surface area contributed by atoms with Crippen molar-refractivity contribution in [3.63, 3.8) is 0 Å². The monoisotopic (exact) mass is 233 g/mol. The summed E-state index contributed by atoms with van der Waals surface area (Å²) in [5.74, 6) is -0.129. The summed E-state index contributed by atoms with van der Waals surface area (Å²) in [6.45, 7) is 0. The zero-order valence-corrected chi connectivity index (χ0v) is 9.64. The molecule has 0 bridgehead atoms. The third-order valence-corrected chi connectivity index (χ3v) is 2.77.